The Morgan fingerprint density at radius 3 is 2.23 bits per heavy atom. The molecule has 43 heavy (non-hydrogen) atoms. The first-order chi connectivity index (χ1) is 20.5. The van der Waals surface area contributed by atoms with Crippen molar-refractivity contribution in [3.63, 3.8) is 0 Å². The Morgan fingerprint density at radius 1 is 0.953 bits per heavy atom. The average Bonchev–Trinajstić information content (AvgIpc) is 3.00. The minimum absolute atomic E-state index is 0.0315. The molecule has 3 aromatic carbocycles. The quantitative estimate of drug-likeness (QED) is 0.296. The van der Waals surface area contributed by atoms with Crippen LogP contribution in [-0.4, -0.2) is 57.0 Å². The van der Waals surface area contributed by atoms with E-state index in [4.69, 9.17) is 21.1 Å². The van der Waals surface area contributed by atoms with Crippen LogP contribution in [0, 0.1) is 5.82 Å². The van der Waals surface area contributed by atoms with Crippen LogP contribution in [0.4, 0.5) is 10.1 Å². The van der Waals surface area contributed by atoms with Gasteiger partial charge in [0.1, 0.15) is 31.6 Å². The van der Waals surface area contributed by atoms with Crippen molar-refractivity contribution in [2.45, 2.75) is 57.1 Å². The van der Waals surface area contributed by atoms with Crippen molar-refractivity contribution in [3.05, 3.63) is 83.1 Å². The predicted molar refractivity (Wildman–Crippen MR) is 162 cm³/mol. The number of anilines is 1. The summed E-state index contributed by atoms with van der Waals surface area (Å²) in [6.45, 7) is 5.56. The summed E-state index contributed by atoms with van der Waals surface area (Å²) < 4.78 is 54.1. The molecule has 1 N–H and O–H groups in total. The van der Waals surface area contributed by atoms with Gasteiger partial charge in [-0.15, -0.1) is 0 Å². The van der Waals surface area contributed by atoms with Crippen LogP contribution in [0.1, 0.15) is 39.2 Å². The summed E-state index contributed by atoms with van der Waals surface area (Å²) in [5, 5.41) is 3.44. The van der Waals surface area contributed by atoms with Crippen LogP contribution in [0.15, 0.2) is 71.6 Å². The number of nitrogens with zero attached hydrogens (tertiary/aromatic N) is 2. The van der Waals surface area contributed by atoms with E-state index in [1.807, 2.05) is 13.8 Å². The highest BCUT2D eigenvalue weighted by molar-refractivity contribution is 7.92. The van der Waals surface area contributed by atoms with E-state index in [1.165, 1.54) is 35.2 Å². The largest absolute Gasteiger partial charge is 0.486 e. The fraction of sp³-hybridized carbons (Fsp3) is 0.355. The van der Waals surface area contributed by atoms with Gasteiger partial charge in [-0.1, -0.05) is 37.6 Å². The van der Waals surface area contributed by atoms with Crippen LogP contribution in [0.3, 0.4) is 0 Å². The molecule has 0 aliphatic carbocycles. The molecule has 0 saturated carbocycles. The van der Waals surface area contributed by atoms with Crippen molar-refractivity contribution in [1.82, 2.24) is 10.2 Å². The van der Waals surface area contributed by atoms with E-state index in [9.17, 15) is 22.4 Å². The average molecular weight is 632 g/mol. The molecule has 0 saturated heterocycles. The molecule has 0 unspecified atom stereocenters. The summed E-state index contributed by atoms with van der Waals surface area (Å²) >= 11 is 6.06. The number of rotatable bonds is 12. The monoisotopic (exact) mass is 631 g/mol. The van der Waals surface area contributed by atoms with Gasteiger partial charge in [-0.2, -0.15) is 0 Å². The highest BCUT2D eigenvalue weighted by Gasteiger charge is 2.34. The Kier molecular flexibility index (Phi) is 10.5. The van der Waals surface area contributed by atoms with Gasteiger partial charge in [0.15, 0.2) is 11.5 Å². The molecule has 9 nitrogen and oxygen atoms in total. The molecule has 0 bridgehead atoms. The molecule has 1 heterocycles. The standard InChI is InChI=1S/C31H35ClFN3O6S/c1-4-21(3)34-31(38)27(5-2)35(19-22-6-8-23(32)9-7-22)30(37)20-36(25-12-10-24(33)11-13-25)43(39,40)26-14-15-28-29(18-26)42-17-16-41-28/h6-15,18,21,27H,4-5,16-17,19-20H2,1-3H3,(H,34,38)/t21-,27-/m0/s1. The number of amides is 2. The summed E-state index contributed by atoms with van der Waals surface area (Å²) in [5.41, 5.74) is 0.781. The van der Waals surface area contributed by atoms with Gasteiger partial charge in [-0.3, -0.25) is 13.9 Å². The van der Waals surface area contributed by atoms with Gasteiger partial charge in [0, 0.05) is 23.7 Å². The number of carbonyl (C=O) groups is 2. The van der Waals surface area contributed by atoms with Gasteiger partial charge in [0.2, 0.25) is 11.8 Å². The fourth-order valence-corrected chi connectivity index (χ4v) is 6.15. The van der Waals surface area contributed by atoms with Crippen molar-refractivity contribution in [2.24, 2.45) is 0 Å². The highest BCUT2D eigenvalue weighted by atomic mass is 35.5. The lowest BCUT2D eigenvalue weighted by molar-refractivity contribution is -0.140. The lowest BCUT2D eigenvalue weighted by Gasteiger charge is -2.33. The molecule has 1 aliphatic heterocycles. The third-order valence-electron chi connectivity index (χ3n) is 7.15. The molecule has 0 aromatic heterocycles. The maximum atomic E-state index is 14.1. The molecule has 2 atom stereocenters. The second-order valence-electron chi connectivity index (χ2n) is 10.2. The maximum absolute atomic E-state index is 14.1. The van der Waals surface area contributed by atoms with Gasteiger partial charge >= 0.3 is 0 Å². The number of sulfonamides is 1. The van der Waals surface area contributed by atoms with E-state index in [-0.39, 0.29) is 47.9 Å². The highest BCUT2D eigenvalue weighted by Crippen LogP contribution is 2.34. The summed E-state index contributed by atoms with van der Waals surface area (Å²) in [5.74, 6) is -0.866. The lowest BCUT2D eigenvalue weighted by atomic mass is 10.1. The van der Waals surface area contributed by atoms with Gasteiger partial charge < -0.3 is 19.7 Å². The minimum atomic E-state index is -4.37. The zero-order valence-electron chi connectivity index (χ0n) is 24.3. The lowest BCUT2D eigenvalue weighted by Crippen LogP contribution is -2.53. The molecule has 3 aromatic rings. The van der Waals surface area contributed by atoms with Gasteiger partial charge in [0.05, 0.1) is 10.6 Å². The number of nitrogens with one attached hydrogen (secondary N) is 1. The predicted octanol–water partition coefficient (Wildman–Crippen LogP) is 5.17. The second-order valence-corrected chi connectivity index (χ2v) is 12.5. The van der Waals surface area contributed by atoms with E-state index in [1.54, 1.807) is 31.2 Å². The number of hydrogen-bond donors (Lipinski definition) is 1. The SMILES string of the molecule is CC[C@H](C)NC(=O)[C@H](CC)N(Cc1ccc(Cl)cc1)C(=O)CN(c1ccc(F)cc1)S(=O)(=O)c1ccc2c(c1)OCCO2. The molecule has 1 aliphatic rings. The smallest absolute Gasteiger partial charge is 0.264 e. The Hall–Kier alpha value is -3.83. The van der Waals surface area contributed by atoms with Crippen molar-refractivity contribution in [1.29, 1.82) is 0 Å². The first-order valence-corrected chi connectivity index (χ1v) is 15.9. The van der Waals surface area contributed by atoms with Crippen LogP contribution >= 0.6 is 11.6 Å². The van der Waals surface area contributed by atoms with Crippen LogP contribution in [0.25, 0.3) is 0 Å². The zero-order chi connectivity index (χ0) is 31.1. The Bertz CT molecular complexity index is 1540. The summed E-state index contributed by atoms with van der Waals surface area (Å²) in [7, 11) is -4.37. The Morgan fingerprint density at radius 2 is 1.60 bits per heavy atom. The molecule has 2 amide bonds. The molecule has 12 heteroatoms. The Balaban J connectivity index is 1.74. The van der Waals surface area contributed by atoms with Crippen molar-refractivity contribution in [3.8, 4) is 11.5 Å². The third kappa shape index (κ3) is 7.77. The van der Waals surface area contributed by atoms with Crippen molar-refractivity contribution >= 4 is 39.1 Å². The van der Waals surface area contributed by atoms with E-state index in [2.05, 4.69) is 5.32 Å². The number of ether oxygens (including phenoxy) is 2. The molecular formula is C31H35ClFN3O6S. The molecule has 0 fully saturated rings. The van der Waals surface area contributed by atoms with Crippen LogP contribution < -0.4 is 19.1 Å². The van der Waals surface area contributed by atoms with E-state index < -0.39 is 34.3 Å². The van der Waals surface area contributed by atoms with Crippen LogP contribution in [0.5, 0.6) is 11.5 Å². The minimum Gasteiger partial charge on any atom is -0.486 e. The van der Waals surface area contributed by atoms with E-state index in [0.29, 0.717) is 29.4 Å². The summed E-state index contributed by atoms with van der Waals surface area (Å²) in [4.78, 5) is 28.7. The normalized spacial score (nSPS) is 14.0. The number of halogens is 2. The van der Waals surface area contributed by atoms with Gasteiger partial charge in [-0.05, 0) is 73.9 Å². The summed E-state index contributed by atoms with van der Waals surface area (Å²) in [6, 6.07) is 14.8. The molecule has 0 spiro atoms. The van der Waals surface area contributed by atoms with E-state index >= 15 is 0 Å². The molecule has 4 rings (SSSR count). The van der Waals surface area contributed by atoms with Crippen LogP contribution in [0.2, 0.25) is 5.02 Å². The first kappa shape index (κ1) is 32.1. The van der Waals surface area contributed by atoms with E-state index in [0.717, 1.165) is 16.4 Å². The number of hydrogen-bond acceptors (Lipinski definition) is 6. The Labute approximate surface area is 256 Å². The molecule has 230 valence electrons. The third-order valence-corrected chi connectivity index (χ3v) is 9.17. The van der Waals surface area contributed by atoms with Gasteiger partial charge in [-0.25, -0.2) is 12.8 Å². The molecule has 0 radical (unpaired) electrons. The number of fused-ring (bicyclic) bond motifs is 1. The van der Waals surface area contributed by atoms with Crippen molar-refractivity contribution < 1.29 is 31.9 Å². The summed E-state index contributed by atoms with van der Waals surface area (Å²) in [6.07, 6.45) is 0.979. The topological polar surface area (TPSA) is 105 Å². The van der Waals surface area contributed by atoms with Gasteiger partial charge in [0.25, 0.3) is 10.0 Å². The first-order valence-electron chi connectivity index (χ1n) is 14.1. The number of benzene rings is 3. The maximum Gasteiger partial charge on any atom is 0.264 e. The van der Waals surface area contributed by atoms with Crippen LogP contribution in [-0.2, 0) is 26.2 Å². The second kappa shape index (κ2) is 14.1. The molecular weight excluding hydrogens is 597 g/mol. The number of carbonyl (C=O) groups excluding carboxylic acids is 2. The fourth-order valence-electron chi connectivity index (χ4n) is 4.59. The van der Waals surface area contributed by atoms with Crippen molar-refractivity contribution in [2.75, 3.05) is 24.1 Å². The zero-order valence-corrected chi connectivity index (χ0v) is 25.8.